The molecule has 0 spiro atoms. The van der Waals surface area contributed by atoms with E-state index in [2.05, 4.69) is 6.58 Å². The lowest BCUT2D eigenvalue weighted by molar-refractivity contribution is 0.293. The maximum absolute atomic E-state index is 5.79. The summed E-state index contributed by atoms with van der Waals surface area (Å²) in [6, 6.07) is 0. The van der Waals surface area contributed by atoms with Crippen molar-refractivity contribution in [3.05, 3.63) is 35.1 Å². The van der Waals surface area contributed by atoms with Gasteiger partial charge in [0, 0.05) is 5.03 Å². The van der Waals surface area contributed by atoms with Crippen molar-refractivity contribution >= 4 is 11.6 Å². The molecule has 0 atom stereocenters. The molecule has 0 bridgehead atoms. The molecule has 0 aromatic rings. The second-order valence-corrected chi connectivity index (χ2v) is 2.77. The minimum absolute atomic E-state index is 0.636. The molecule has 0 rings (SSSR count). The van der Waals surface area contributed by atoms with Crippen molar-refractivity contribution in [2.24, 2.45) is 0 Å². The third-order valence-electron chi connectivity index (χ3n) is 1.05. The summed E-state index contributed by atoms with van der Waals surface area (Å²) in [7, 11) is 1.61. The van der Waals surface area contributed by atoms with Gasteiger partial charge in [0.15, 0.2) is 0 Å². The van der Waals surface area contributed by atoms with Gasteiger partial charge in [-0.3, -0.25) is 0 Å². The van der Waals surface area contributed by atoms with Gasteiger partial charge in [-0.1, -0.05) is 23.8 Å². The Balaban J connectivity index is 4.26. The average molecular weight is 173 g/mol. The number of hydrogen-bond donors (Lipinski definition) is 0. The molecule has 0 N–H and O–H groups in total. The number of methoxy groups -OCH3 is 1. The van der Waals surface area contributed by atoms with Gasteiger partial charge in [0.25, 0.3) is 0 Å². The first kappa shape index (κ1) is 10.3. The van der Waals surface area contributed by atoms with E-state index in [4.69, 9.17) is 16.3 Å². The summed E-state index contributed by atoms with van der Waals surface area (Å²) in [4.78, 5) is 0. The summed E-state index contributed by atoms with van der Waals surface area (Å²) < 4.78 is 4.91. The van der Waals surface area contributed by atoms with Crippen molar-refractivity contribution < 1.29 is 4.74 Å². The standard InChI is InChI=1S/C9H13ClO/c1-7(2)5-9(10)6-8(3)11-4/h5-6H,1H2,2-4H3/b8-6+,9-5+. The Kier molecular flexibility index (Phi) is 4.71. The lowest BCUT2D eigenvalue weighted by atomic mass is 10.3. The Labute approximate surface area is 73.0 Å². The number of rotatable bonds is 3. The van der Waals surface area contributed by atoms with Crippen LogP contribution in [0, 0.1) is 0 Å². The van der Waals surface area contributed by atoms with E-state index in [1.807, 2.05) is 13.8 Å². The summed E-state index contributed by atoms with van der Waals surface area (Å²) in [6.45, 7) is 7.43. The summed E-state index contributed by atoms with van der Waals surface area (Å²) in [5, 5.41) is 0.636. The van der Waals surface area contributed by atoms with E-state index in [0.717, 1.165) is 11.3 Å². The van der Waals surface area contributed by atoms with E-state index in [-0.39, 0.29) is 0 Å². The molecule has 0 aromatic heterocycles. The Morgan fingerprint density at radius 1 is 1.36 bits per heavy atom. The molecule has 0 saturated heterocycles. The van der Waals surface area contributed by atoms with E-state index in [1.54, 1.807) is 19.3 Å². The third-order valence-corrected chi connectivity index (χ3v) is 1.27. The monoisotopic (exact) mass is 172 g/mol. The largest absolute Gasteiger partial charge is 0.501 e. The first-order valence-electron chi connectivity index (χ1n) is 3.31. The molecule has 0 aliphatic heterocycles. The molecule has 0 aromatic carbocycles. The van der Waals surface area contributed by atoms with Crippen LogP contribution >= 0.6 is 11.6 Å². The summed E-state index contributed by atoms with van der Waals surface area (Å²) in [5.74, 6) is 0.785. The molecule has 0 fully saturated rings. The SMILES string of the molecule is C=C(C)/C=C(Cl)\C=C(/C)OC. The maximum atomic E-state index is 5.79. The smallest absolute Gasteiger partial charge is 0.0939 e. The maximum Gasteiger partial charge on any atom is 0.0939 e. The van der Waals surface area contributed by atoms with Crippen LogP contribution in [0.5, 0.6) is 0 Å². The molecular weight excluding hydrogens is 160 g/mol. The molecule has 0 aliphatic rings. The quantitative estimate of drug-likeness (QED) is 0.469. The highest BCUT2D eigenvalue weighted by molar-refractivity contribution is 6.31. The van der Waals surface area contributed by atoms with Crippen molar-refractivity contribution in [3.63, 3.8) is 0 Å². The van der Waals surface area contributed by atoms with Crippen LogP contribution in [0.3, 0.4) is 0 Å². The lowest BCUT2D eigenvalue weighted by Crippen LogP contribution is -1.78. The van der Waals surface area contributed by atoms with Gasteiger partial charge in [0.1, 0.15) is 0 Å². The van der Waals surface area contributed by atoms with Gasteiger partial charge >= 0.3 is 0 Å². The van der Waals surface area contributed by atoms with Crippen LogP contribution in [0.15, 0.2) is 35.1 Å². The zero-order valence-electron chi connectivity index (χ0n) is 7.15. The van der Waals surface area contributed by atoms with E-state index in [0.29, 0.717) is 5.03 Å². The normalized spacial score (nSPS) is 13.1. The Hall–Kier alpha value is -0.690. The van der Waals surface area contributed by atoms with Crippen LogP contribution in [-0.4, -0.2) is 7.11 Å². The first-order valence-corrected chi connectivity index (χ1v) is 3.69. The van der Waals surface area contributed by atoms with Crippen LogP contribution in [0.4, 0.5) is 0 Å². The van der Waals surface area contributed by atoms with Gasteiger partial charge in [-0.2, -0.15) is 0 Å². The molecule has 0 unspecified atom stereocenters. The number of halogens is 1. The van der Waals surface area contributed by atoms with Crippen molar-refractivity contribution in [3.8, 4) is 0 Å². The zero-order chi connectivity index (χ0) is 8.85. The molecule has 0 radical (unpaired) electrons. The molecule has 0 saturated carbocycles. The van der Waals surface area contributed by atoms with Gasteiger partial charge in [0.05, 0.1) is 12.9 Å². The van der Waals surface area contributed by atoms with Crippen molar-refractivity contribution in [2.75, 3.05) is 7.11 Å². The van der Waals surface area contributed by atoms with Crippen molar-refractivity contribution in [1.29, 1.82) is 0 Å². The van der Waals surface area contributed by atoms with Crippen molar-refractivity contribution in [2.45, 2.75) is 13.8 Å². The second kappa shape index (κ2) is 5.03. The summed E-state index contributed by atoms with van der Waals surface area (Å²) in [6.07, 6.45) is 3.53. The topological polar surface area (TPSA) is 9.23 Å². The molecule has 2 heteroatoms. The van der Waals surface area contributed by atoms with Gasteiger partial charge in [-0.05, 0) is 26.0 Å². The molecule has 11 heavy (non-hydrogen) atoms. The highest BCUT2D eigenvalue weighted by atomic mass is 35.5. The number of hydrogen-bond acceptors (Lipinski definition) is 1. The van der Waals surface area contributed by atoms with Crippen molar-refractivity contribution in [1.82, 2.24) is 0 Å². The molecule has 0 aliphatic carbocycles. The number of ether oxygens (including phenoxy) is 1. The summed E-state index contributed by atoms with van der Waals surface area (Å²) in [5.41, 5.74) is 0.926. The Morgan fingerprint density at radius 3 is 2.27 bits per heavy atom. The van der Waals surface area contributed by atoms with E-state index in [9.17, 15) is 0 Å². The molecule has 0 heterocycles. The highest BCUT2D eigenvalue weighted by Crippen LogP contribution is 2.09. The summed E-state index contributed by atoms with van der Waals surface area (Å²) >= 11 is 5.79. The second-order valence-electron chi connectivity index (χ2n) is 2.33. The molecule has 0 amide bonds. The minimum atomic E-state index is 0.636. The van der Waals surface area contributed by atoms with Gasteiger partial charge in [-0.15, -0.1) is 0 Å². The first-order chi connectivity index (χ1) is 5.06. The van der Waals surface area contributed by atoms with Gasteiger partial charge in [0.2, 0.25) is 0 Å². The fourth-order valence-corrected chi connectivity index (χ4v) is 0.870. The van der Waals surface area contributed by atoms with E-state index >= 15 is 0 Å². The van der Waals surface area contributed by atoms with Crippen LogP contribution in [0.2, 0.25) is 0 Å². The predicted molar refractivity (Wildman–Crippen MR) is 49.5 cm³/mol. The molecule has 62 valence electrons. The lowest BCUT2D eigenvalue weighted by Gasteiger charge is -1.96. The van der Waals surface area contributed by atoms with Crippen LogP contribution in [0.1, 0.15) is 13.8 Å². The average Bonchev–Trinajstić information content (AvgIpc) is 1.85. The fourth-order valence-electron chi connectivity index (χ4n) is 0.530. The highest BCUT2D eigenvalue weighted by Gasteiger charge is 1.88. The molecular formula is C9H13ClO. The number of allylic oxidation sites excluding steroid dienone is 5. The predicted octanol–water partition coefficient (Wildman–Crippen LogP) is 3.24. The van der Waals surface area contributed by atoms with E-state index < -0.39 is 0 Å². The molecule has 1 nitrogen and oxygen atoms in total. The zero-order valence-corrected chi connectivity index (χ0v) is 7.90. The Morgan fingerprint density at radius 2 is 1.91 bits per heavy atom. The van der Waals surface area contributed by atoms with Crippen LogP contribution in [0.25, 0.3) is 0 Å². The minimum Gasteiger partial charge on any atom is -0.501 e. The van der Waals surface area contributed by atoms with Crippen LogP contribution in [-0.2, 0) is 4.74 Å². The van der Waals surface area contributed by atoms with Gasteiger partial charge in [-0.25, -0.2) is 0 Å². The Bertz CT molecular complexity index is 202. The van der Waals surface area contributed by atoms with Gasteiger partial charge < -0.3 is 4.74 Å². The van der Waals surface area contributed by atoms with Crippen LogP contribution < -0.4 is 0 Å². The van der Waals surface area contributed by atoms with E-state index in [1.165, 1.54) is 0 Å². The fraction of sp³-hybridized carbons (Fsp3) is 0.333. The third kappa shape index (κ3) is 5.74.